The fraction of sp³-hybridized carbons (Fsp3) is 0.184. The minimum Gasteiger partial charge on any atom is -0.457 e. The number of ether oxygens (including phenoxy) is 2. The highest BCUT2D eigenvalue weighted by Gasteiger charge is 2.45. The van der Waals surface area contributed by atoms with Crippen LogP contribution in [0.4, 0.5) is 0 Å². The van der Waals surface area contributed by atoms with E-state index in [9.17, 15) is 13.2 Å². The summed E-state index contributed by atoms with van der Waals surface area (Å²) in [4.78, 5) is 15.2. The van der Waals surface area contributed by atoms with Gasteiger partial charge in [0.2, 0.25) is 5.91 Å². The van der Waals surface area contributed by atoms with Gasteiger partial charge in [-0.25, -0.2) is 0 Å². The summed E-state index contributed by atoms with van der Waals surface area (Å²) < 4.78 is 43.2. The van der Waals surface area contributed by atoms with Crippen LogP contribution >= 0.6 is 0 Å². The van der Waals surface area contributed by atoms with Gasteiger partial charge in [-0.2, -0.15) is 8.42 Å². The number of nitrogens with zero attached hydrogens (tertiary/aromatic N) is 1. The minimum atomic E-state index is -3.86. The van der Waals surface area contributed by atoms with Crippen LogP contribution in [0, 0.1) is 0 Å². The maximum absolute atomic E-state index is 13.5. The molecule has 0 aromatic heterocycles. The molecule has 1 heterocycles. The summed E-state index contributed by atoms with van der Waals surface area (Å²) in [7, 11) is -3.86. The first-order valence-corrected chi connectivity index (χ1v) is 16.9. The third-order valence-corrected chi connectivity index (χ3v) is 8.69. The van der Waals surface area contributed by atoms with Crippen LogP contribution in [-0.4, -0.2) is 44.2 Å². The van der Waals surface area contributed by atoms with E-state index in [4.69, 9.17) is 13.7 Å². The zero-order valence-electron chi connectivity index (χ0n) is 25.4. The molecule has 0 spiro atoms. The molecular formula is C38H35NO6S. The van der Waals surface area contributed by atoms with Gasteiger partial charge >= 0.3 is 0 Å². The number of likely N-dealkylation sites (tertiary alicyclic amines) is 1. The molecule has 2 atom stereocenters. The number of hydrogen-bond acceptors (Lipinski definition) is 6. The van der Waals surface area contributed by atoms with Gasteiger partial charge in [0.15, 0.2) is 0 Å². The summed E-state index contributed by atoms with van der Waals surface area (Å²) >= 11 is 0. The van der Waals surface area contributed by atoms with Gasteiger partial charge in [-0.05, 0) is 46.5 Å². The summed E-state index contributed by atoms with van der Waals surface area (Å²) in [5, 5.41) is 0. The highest BCUT2D eigenvalue weighted by atomic mass is 32.2. The lowest BCUT2D eigenvalue weighted by Crippen LogP contribution is -2.45. The van der Waals surface area contributed by atoms with Crippen molar-refractivity contribution >= 4 is 16.0 Å². The topological polar surface area (TPSA) is 82.1 Å². The number of hydrogen-bond donors (Lipinski definition) is 0. The Morgan fingerprint density at radius 1 is 0.674 bits per heavy atom. The van der Waals surface area contributed by atoms with E-state index in [0.29, 0.717) is 5.75 Å². The van der Waals surface area contributed by atoms with Gasteiger partial charge in [0.1, 0.15) is 23.2 Å². The molecule has 0 N–H and O–H groups in total. The zero-order chi connectivity index (χ0) is 32.0. The Hall–Kier alpha value is -4.76. The fourth-order valence-corrected chi connectivity index (χ4v) is 6.64. The number of amides is 1. The first-order chi connectivity index (χ1) is 22.3. The van der Waals surface area contributed by atoms with Crippen LogP contribution in [0.1, 0.15) is 28.7 Å². The summed E-state index contributed by atoms with van der Waals surface area (Å²) in [6.45, 7) is 0.261. The largest absolute Gasteiger partial charge is 0.457 e. The average Bonchev–Trinajstić information content (AvgIpc) is 3.35. The number of para-hydroxylation sites is 1. The summed E-state index contributed by atoms with van der Waals surface area (Å²) in [6.07, 6.45) is 0.0139. The van der Waals surface area contributed by atoms with Gasteiger partial charge in [-0.15, -0.1) is 0 Å². The first-order valence-electron chi connectivity index (χ1n) is 15.1. The second kappa shape index (κ2) is 13.7. The van der Waals surface area contributed by atoms with Crippen molar-refractivity contribution in [3.63, 3.8) is 0 Å². The molecule has 0 radical (unpaired) electrons. The molecule has 1 aliphatic rings. The quantitative estimate of drug-likeness (QED) is 0.109. The van der Waals surface area contributed by atoms with E-state index >= 15 is 0 Å². The van der Waals surface area contributed by atoms with Gasteiger partial charge in [0, 0.05) is 6.54 Å². The molecule has 1 fully saturated rings. The van der Waals surface area contributed by atoms with Crippen molar-refractivity contribution in [1.82, 2.24) is 4.90 Å². The van der Waals surface area contributed by atoms with Crippen molar-refractivity contribution in [2.75, 3.05) is 12.9 Å². The van der Waals surface area contributed by atoms with Crippen LogP contribution in [-0.2, 0) is 36.0 Å². The zero-order valence-corrected chi connectivity index (χ0v) is 26.3. The van der Waals surface area contributed by atoms with Crippen LogP contribution in [0.5, 0.6) is 11.5 Å². The van der Waals surface area contributed by atoms with Gasteiger partial charge in [0.05, 0.1) is 25.3 Å². The Morgan fingerprint density at radius 2 is 1.13 bits per heavy atom. The third-order valence-electron chi connectivity index (χ3n) is 8.09. The van der Waals surface area contributed by atoms with Gasteiger partial charge < -0.3 is 14.4 Å². The van der Waals surface area contributed by atoms with Gasteiger partial charge in [-0.3, -0.25) is 8.98 Å². The molecule has 0 aliphatic carbocycles. The Kier molecular flexibility index (Phi) is 9.30. The molecule has 1 aliphatic heterocycles. The second-order valence-electron chi connectivity index (χ2n) is 11.3. The Morgan fingerprint density at radius 3 is 1.61 bits per heavy atom. The van der Waals surface area contributed by atoms with E-state index in [1.54, 1.807) is 4.90 Å². The molecule has 5 aromatic carbocycles. The molecule has 0 saturated carbocycles. The number of benzene rings is 5. The van der Waals surface area contributed by atoms with Crippen LogP contribution < -0.4 is 4.74 Å². The standard InChI is InChI=1S/C38H35NO6S/c1-46(41,42)45-36-26-37(40)39(27-29-22-24-34(25-23-29)44-33-20-12-5-13-21-33)35(36)28-43-38(30-14-6-2-7-15-30,31-16-8-3-9-17-31)32-18-10-4-11-19-32/h2-25,35-36H,26-28H2,1H3/t35-,36-/m0/s1. The van der Waals surface area contributed by atoms with E-state index in [2.05, 4.69) is 0 Å². The van der Waals surface area contributed by atoms with E-state index in [0.717, 1.165) is 34.3 Å². The van der Waals surface area contributed by atoms with Crippen LogP contribution in [0.3, 0.4) is 0 Å². The average molecular weight is 634 g/mol. The molecule has 7 nitrogen and oxygen atoms in total. The van der Waals surface area contributed by atoms with E-state index in [1.807, 2.05) is 146 Å². The highest BCUT2D eigenvalue weighted by Crippen LogP contribution is 2.41. The number of carbonyl (C=O) groups excluding carboxylic acids is 1. The van der Waals surface area contributed by atoms with Gasteiger partial charge in [-0.1, -0.05) is 121 Å². The predicted molar refractivity (Wildman–Crippen MR) is 177 cm³/mol. The molecular weight excluding hydrogens is 598 g/mol. The molecule has 5 aromatic rings. The van der Waals surface area contributed by atoms with E-state index < -0.39 is 27.9 Å². The van der Waals surface area contributed by atoms with Crippen molar-refractivity contribution in [3.8, 4) is 11.5 Å². The van der Waals surface area contributed by atoms with Crippen LogP contribution in [0.15, 0.2) is 146 Å². The second-order valence-corrected chi connectivity index (χ2v) is 12.9. The van der Waals surface area contributed by atoms with Crippen molar-refractivity contribution < 1.29 is 26.9 Å². The minimum absolute atomic E-state index is 0.0137. The summed E-state index contributed by atoms with van der Waals surface area (Å²) in [5.41, 5.74) is 2.51. The van der Waals surface area contributed by atoms with E-state index in [1.165, 1.54) is 0 Å². The number of rotatable bonds is 12. The third kappa shape index (κ3) is 7.05. The predicted octanol–water partition coefficient (Wildman–Crippen LogP) is 6.93. The SMILES string of the molecule is CS(=O)(=O)O[C@H]1CC(=O)N(Cc2ccc(Oc3ccccc3)cc2)[C@H]1COC(c1ccccc1)(c1ccccc1)c1ccccc1. The molecule has 0 unspecified atom stereocenters. The van der Waals surface area contributed by atoms with Crippen molar-refractivity contribution in [3.05, 3.63) is 168 Å². The molecule has 6 rings (SSSR count). The van der Waals surface area contributed by atoms with Crippen molar-refractivity contribution in [2.24, 2.45) is 0 Å². The molecule has 46 heavy (non-hydrogen) atoms. The maximum Gasteiger partial charge on any atom is 0.264 e. The fourth-order valence-electron chi connectivity index (χ4n) is 6.00. The van der Waals surface area contributed by atoms with Crippen LogP contribution in [0.25, 0.3) is 0 Å². The Bertz CT molecular complexity index is 1740. The lowest BCUT2D eigenvalue weighted by molar-refractivity contribution is -0.131. The van der Waals surface area contributed by atoms with Crippen molar-refractivity contribution in [1.29, 1.82) is 0 Å². The van der Waals surface area contributed by atoms with Gasteiger partial charge in [0.25, 0.3) is 10.1 Å². The normalized spacial score (nSPS) is 16.8. The Labute approximate surface area is 270 Å². The molecule has 234 valence electrons. The molecule has 0 bridgehead atoms. The molecule has 8 heteroatoms. The monoisotopic (exact) mass is 633 g/mol. The maximum atomic E-state index is 13.5. The van der Waals surface area contributed by atoms with E-state index in [-0.39, 0.29) is 25.5 Å². The molecule has 1 saturated heterocycles. The first kappa shape index (κ1) is 31.2. The lowest BCUT2D eigenvalue weighted by atomic mass is 9.80. The highest BCUT2D eigenvalue weighted by molar-refractivity contribution is 7.86. The van der Waals surface area contributed by atoms with Crippen molar-refractivity contribution in [2.45, 2.75) is 30.7 Å². The van der Waals surface area contributed by atoms with Crippen LogP contribution in [0.2, 0.25) is 0 Å². The summed E-state index contributed by atoms with van der Waals surface area (Å²) in [5.74, 6) is 1.18. The number of carbonyl (C=O) groups is 1. The Balaban J connectivity index is 1.34. The lowest BCUT2D eigenvalue weighted by Gasteiger charge is -2.38. The summed E-state index contributed by atoms with van der Waals surface area (Å²) in [6, 6.07) is 46.0. The molecule has 1 amide bonds. The smallest absolute Gasteiger partial charge is 0.264 e.